The second-order valence-corrected chi connectivity index (χ2v) is 6.88. The van der Waals surface area contributed by atoms with Crippen LogP contribution in [-0.4, -0.2) is 50.3 Å². The zero-order valence-corrected chi connectivity index (χ0v) is 18.8. The number of benzene rings is 2. The molecule has 2 aromatic carbocycles. The maximum atomic E-state index is 5.60. The summed E-state index contributed by atoms with van der Waals surface area (Å²) in [5.74, 6) is 1.67. The molecule has 1 aliphatic heterocycles. The first kappa shape index (κ1) is 22.0. The second kappa shape index (κ2) is 11.5. The molecular weight excluding hydrogens is 449 g/mol. The molecule has 1 atom stereocenters. The van der Waals surface area contributed by atoms with Crippen molar-refractivity contribution in [3.05, 3.63) is 48.0 Å². The van der Waals surface area contributed by atoms with Crippen LogP contribution in [0.1, 0.15) is 25.8 Å². The summed E-state index contributed by atoms with van der Waals surface area (Å²) in [6.07, 6.45) is 2.15. The van der Waals surface area contributed by atoms with Gasteiger partial charge in [-0.25, -0.2) is 0 Å². The quantitative estimate of drug-likeness (QED) is 0.364. The summed E-state index contributed by atoms with van der Waals surface area (Å²) in [5.41, 5.74) is 1.37. The first-order valence-electron chi connectivity index (χ1n) is 9.89. The van der Waals surface area contributed by atoms with Crippen LogP contribution in [-0.2, 0) is 11.2 Å². The van der Waals surface area contributed by atoms with E-state index in [4.69, 9.17) is 9.73 Å². The number of nitrogens with zero attached hydrogens (tertiary/aromatic N) is 2. The molecule has 1 N–H and O–H groups in total. The third-order valence-electron chi connectivity index (χ3n) is 5.00. The van der Waals surface area contributed by atoms with Gasteiger partial charge in [0.05, 0.1) is 6.61 Å². The number of ether oxygens (including phenoxy) is 1. The average Bonchev–Trinajstić information content (AvgIpc) is 3.14. The molecule has 0 saturated carbocycles. The number of likely N-dealkylation sites (tertiary alicyclic amines) is 1. The predicted molar refractivity (Wildman–Crippen MR) is 125 cm³/mol. The first-order chi connectivity index (χ1) is 12.8. The summed E-state index contributed by atoms with van der Waals surface area (Å²) < 4.78 is 5.60. The lowest BCUT2D eigenvalue weighted by Gasteiger charge is -2.21. The highest BCUT2D eigenvalue weighted by Crippen LogP contribution is 2.19. The van der Waals surface area contributed by atoms with E-state index in [-0.39, 0.29) is 24.0 Å². The molecule has 1 aliphatic rings. The summed E-state index contributed by atoms with van der Waals surface area (Å²) in [6.45, 7) is 9.68. The van der Waals surface area contributed by atoms with Gasteiger partial charge in [0.2, 0.25) is 0 Å². The Morgan fingerprint density at radius 3 is 2.81 bits per heavy atom. The predicted octanol–water partition coefficient (Wildman–Crippen LogP) is 4.32. The standard InChI is InChI=1S/C22H31N3O.HI/c1-3-23-22(25-15-13-18(16-25)17-26-4-2)24-14-12-20-10-7-9-19-8-5-6-11-21(19)20;/h5-11,18H,3-4,12-17H2,1-2H3,(H,23,24);1H. The number of guanidine groups is 1. The average molecular weight is 481 g/mol. The van der Waals surface area contributed by atoms with E-state index < -0.39 is 0 Å². The number of aliphatic imine (C=N–C) groups is 1. The van der Waals surface area contributed by atoms with E-state index in [9.17, 15) is 0 Å². The first-order valence-corrected chi connectivity index (χ1v) is 9.89. The van der Waals surface area contributed by atoms with Crippen LogP contribution in [0.2, 0.25) is 0 Å². The van der Waals surface area contributed by atoms with Gasteiger partial charge in [-0.15, -0.1) is 24.0 Å². The zero-order valence-electron chi connectivity index (χ0n) is 16.5. The van der Waals surface area contributed by atoms with Crippen molar-refractivity contribution < 1.29 is 4.74 Å². The highest BCUT2D eigenvalue weighted by atomic mass is 127. The summed E-state index contributed by atoms with van der Waals surface area (Å²) >= 11 is 0. The van der Waals surface area contributed by atoms with Crippen LogP contribution in [0.25, 0.3) is 10.8 Å². The monoisotopic (exact) mass is 481 g/mol. The van der Waals surface area contributed by atoms with Crippen LogP contribution >= 0.6 is 24.0 Å². The largest absolute Gasteiger partial charge is 0.381 e. The van der Waals surface area contributed by atoms with E-state index in [1.54, 1.807) is 0 Å². The van der Waals surface area contributed by atoms with E-state index in [1.165, 1.54) is 22.8 Å². The molecule has 4 nitrogen and oxygen atoms in total. The highest BCUT2D eigenvalue weighted by molar-refractivity contribution is 14.0. The maximum Gasteiger partial charge on any atom is 0.193 e. The molecule has 27 heavy (non-hydrogen) atoms. The van der Waals surface area contributed by atoms with Gasteiger partial charge in [0.25, 0.3) is 0 Å². The Morgan fingerprint density at radius 1 is 1.19 bits per heavy atom. The van der Waals surface area contributed by atoms with Gasteiger partial charge in [-0.3, -0.25) is 4.99 Å². The molecule has 0 radical (unpaired) electrons. The summed E-state index contributed by atoms with van der Waals surface area (Å²) in [4.78, 5) is 7.29. The number of rotatable bonds is 7. The summed E-state index contributed by atoms with van der Waals surface area (Å²) in [6, 6.07) is 15.1. The molecule has 2 aromatic rings. The van der Waals surface area contributed by atoms with Crippen LogP contribution < -0.4 is 5.32 Å². The number of nitrogens with one attached hydrogen (secondary N) is 1. The van der Waals surface area contributed by atoms with Crippen molar-refractivity contribution in [2.75, 3.05) is 39.4 Å². The molecular formula is C22H32IN3O. The number of hydrogen-bond donors (Lipinski definition) is 1. The third-order valence-corrected chi connectivity index (χ3v) is 5.00. The van der Waals surface area contributed by atoms with Crippen LogP contribution in [0.5, 0.6) is 0 Å². The van der Waals surface area contributed by atoms with Gasteiger partial charge in [0, 0.05) is 38.7 Å². The molecule has 0 amide bonds. The zero-order chi connectivity index (χ0) is 18.2. The van der Waals surface area contributed by atoms with Crippen LogP contribution in [0.3, 0.4) is 0 Å². The smallest absolute Gasteiger partial charge is 0.193 e. The van der Waals surface area contributed by atoms with Crippen LogP contribution in [0.15, 0.2) is 47.5 Å². The maximum absolute atomic E-state index is 5.60. The van der Waals surface area contributed by atoms with Gasteiger partial charge in [-0.1, -0.05) is 42.5 Å². The molecule has 1 heterocycles. The molecule has 0 bridgehead atoms. The van der Waals surface area contributed by atoms with Crippen molar-refractivity contribution in [2.24, 2.45) is 10.9 Å². The number of halogens is 1. The molecule has 3 rings (SSSR count). The van der Waals surface area contributed by atoms with Crippen molar-refractivity contribution in [3.8, 4) is 0 Å². The minimum atomic E-state index is 0. The van der Waals surface area contributed by atoms with Gasteiger partial charge in [0.1, 0.15) is 0 Å². The Morgan fingerprint density at radius 2 is 2.00 bits per heavy atom. The Labute approximate surface area is 180 Å². The van der Waals surface area contributed by atoms with Crippen molar-refractivity contribution in [2.45, 2.75) is 26.7 Å². The number of hydrogen-bond acceptors (Lipinski definition) is 2. The van der Waals surface area contributed by atoms with E-state index in [0.717, 1.165) is 51.8 Å². The highest BCUT2D eigenvalue weighted by Gasteiger charge is 2.24. The van der Waals surface area contributed by atoms with E-state index >= 15 is 0 Å². The molecule has 0 aromatic heterocycles. The van der Waals surface area contributed by atoms with Gasteiger partial charge in [-0.2, -0.15) is 0 Å². The van der Waals surface area contributed by atoms with Crippen molar-refractivity contribution in [1.82, 2.24) is 10.2 Å². The number of fused-ring (bicyclic) bond motifs is 1. The lowest BCUT2D eigenvalue weighted by Crippen LogP contribution is -2.40. The third kappa shape index (κ3) is 6.07. The lowest BCUT2D eigenvalue weighted by molar-refractivity contribution is 0.114. The Bertz CT molecular complexity index is 729. The fourth-order valence-corrected chi connectivity index (χ4v) is 3.66. The van der Waals surface area contributed by atoms with Crippen molar-refractivity contribution in [3.63, 3.8) is 0 Å². The second-order valence-electron chi connectivity index (χ2n) is 6.88. The minimum Gasteiger partial charge on any atom is -0.381 e. The summed E-state index contributed by atoms with van der Waals surface area (Å²) in [7, 11) is 0. The van der Waals surface area contributed by atoms with Gasteiger partial charge >= 0.3 is 0 Å². The van der Waals surface area contributed by atoms with Crippen LogP contribution in [0, 0.1) is 5.92 Å². The SMILES string of the molecule is CCNC(=NCCc1cccc2ccccc12)N1CCC(COCC)C1.I. The van der Waals surface area contributed by atoms with Gasteiger partial charge in [0.15, 0.2) is 5.96 Å². The molecule has 1 saturated heterocycles. The van der Waals surface area contributed by atoms with E-state index in [0.29, 0.717) is 5.92 Å². The fraction of sp³-hybridized carbons (Fsp3) is 0.500. The Hall–Kier alpha value is -1.34. The minimum absolute atomic E-state index is 0. The fourth-order valence-electron chi connectivity index (χ4n) is 3.66. The van der Waals surface area contributed by atoms with Gasteiger partial charge < -0.3 is 15.0 Å². The molecule has 0 aliphatic carbocycles. The molecule has 1 unspecified atom stereocenters. The van der Waals surface area contributed by atoms with E-state index in [2.05, 4.69) is 66.5 Å². The summed E-state index contributed by atoms with van der Waals surface area (Å²) in [5, 5.41) is 6.11. The molecule has 148 valence electrons. The van der Waals surface area contributed by atoms with E-state index in [1.807, 2.05) is 0 Å². The molecule has 5 heteroatoms. The topological polar surface area (TPSA) is 36.9 Å². The lowest BCUT2D eigenvalue weighted by atomic mass is 10.0. The molecule has 1 fully saturated rings. The van der Waals surface area contributed by atoms with Crippen molar-refractivity contribution in [1.29, 1.82) is 0 Å². The van der Waals surface area contributed by atoms with Gasteiger partial charge in [-0.05, 0) is 43.0 Å². The Kier molecular flexibility index (Phi) is 9.34. The normalized spacial score (nSPS) is 17.2. The Balaban J connectivity index is 0.00000261. The molecule has 0 spiro atoms. The van der Waals surface area contributed by atoms with Crippen molar-refractivity contribution >= 4 is 40.7 Å². The van der Waals surface area contributed by atoms with Crippen LogP contribution in [0.4, 0.5) is 0 Å².